The molecule has 0 fully saturated rings. The van der Waals surface area contributed by atoms with Crippen LogP contribution in [0.4, 0.5) is 5.00 Å². The van der Waals surface area contributed by atoms with Gasteiger partial charge in [0.05, 0.1) is 20.9 Å². The number of rotatable bonds is 5. The van der Waals surface area contributed by atoms with Gasteiger partial charge >= 0.3 is 5.00 Å². The minimum atomic E-state index is -3.79. The molecule has 1 aromatic heterocycles. The number of hydrazone groups is 1. The summed E-state index contributed by atoms with van der Waals surface area (Å²) in [6, 6.07) is 8.37. The Morgan fingerprint density at radius 2 is 1.90 bits per heavy atom. The van der Waals surface area contributed by atoms with E-state index in [0.29, 0.717) is 9.90 Å². The van der Waals surface area contributed by atoms with E-state index in [1.54, 1.807) is 0 Å². The van der Waals surface area contributed by atoms with Gasteiger partial charge in [-0.1, -0.05) is 22.9 Å². The summed E-state index contributed by atoms with van der Waals surface area (Å²) >= 11 is 6.56. The molecule has 10 heteroatoms. The van der Waals surface area contributed by atoms with Gasteiger partial charge in [0.1, 0.15) is 0 Å². The lowest BCUT2D eigenvalue weighted by molar-refractivity contribution is -0.380. The zero-order chi connectivity index (χ0) is 15.5. The zero-order valence-electron chi connectivity index (χ0n) is 10.3. The first-order chi connectivity index (χ1) is 9.88. The first kappa shape index (κ1) is 15.4. The Hall–Kier alpha value is -1.97. The van der Waals surface area contributed by atoms with Crippen molar-refractivity contribution in [3.63, 3.8) is 0 Å². The average Bonchev–Trinajstić information content (AvgIpc) is 2.88. The third-order valence-electron chi connectivity index (χ3n) is 2.28. The second-order valence-electron chi connectivity index (χ2n) is 3.74. The predicted octanol–water partition coefficient (Wildman–Crippen LogP) is 2.62. The summed E-state index contributed by atoms with van der Waals surface area (Å²) in [6.45, 7) is 0. The molecule has 2 aromatic rings. The molecular weight excluding hydrogens is 338 g/mol. The van der Waals surface area contributed by atoms with Crippen LogP contribution in [0.25, 0.3) is 0 Å². The van der Waals surface area contributed by atoms with E-state index in [1.807, 2.05) is 4.83 Å². The number of nitrogens with one attached hydrogen (secondary N) is 1. The Balaban J connectivity index is 2.08. The summed E-state index contributed by atoms with van der Waals surface area (Å²) in [7, 11) is -3.79. The molecule has 7 nitrogen and oxygen atoms in total. The van der Waals surface area contributed by atoms with Crippen molar-refractivity contribution in [3.8, 4) is 0 Å². The molecule has 1 heterocycles. The van der Waals surface area contributed by atoms with E-state index in [0.717, 1.165) is 11.3 Å². The van der Waals surface area contributed by atoms with Gasteiger partial charge in [-0.2, -0.15) is 13.5 Å². The Labute approximate surface area is 129 Å². The third-order valence-corrected chi connectivity index (χ3v) is 4.74. The Kier molecular flexibility index (Phi) is 4.56. The van der Waals surface area contributed by atoms with Crippen molar-refractivity contribution < 1.29 is 13.3 Å². The molecule has 0 aliphatic heterocycles. The van der Waals surface area contributed by atoms with Gasteiger partial charge in [0.2, 0.25) is 0 Å². The quantitative estimate of drug-likeness (QED) is 0.511. The van der Waals surface area contributed by atoms with E-state index in [-0.39, 0.29) is 9.90 Å². The van der Waals surface area contributed by atoms with Gasteiger partial charge in [0.15, 0.2) is 0 Å². The van der Waals surface area contributed by atoms with Gasteiger partial charge in [0, 0.05) is 11.1 Å². The van der Waals surface area contributed by atoms with Crippen molar-refractivity contribution in [1.82, 2.24) is 4.83 Å². The maximum absolute atomic E-state index is 11.9. The molecule has 2 rings (SSSR count). The van der Waals surface area contributed by atoms with Crippen LogP contribution in [0, 0.1) is 10.1 Å². The number of thiophene rings is 1. The molecule has 0 atom stereocenters. The first-order valence-electron chi connectivity index (χ1n) is 5.43. The van der Waals surface area contributed by atoms with E-state index in [1.165, 1.54) is 42.6 Å². The number of hydrogen-bond donors (Lipinski definition) is 1. The van der Waals surface area contributed by atoms with Crippen LogP contribution in [0.1, 0.15) is 4.88 Å². The fourth-order valence-electron chi connectivity index (χ4n) is 1.34. The number of benzene rings is 1. The third kappa shape index (κ3) is 4.00. The number of hydrogen-bond acceptors (Lipinski definition) is 6. The average molecular weight is 346 g/mol. The van der Waals surface area contributed by atoms with Crippen molar-refractivity contribution >= 4 is 44.2 Å². The highest BCUT2D eigenvalue weighted by Crippen LogP contribution is 2.22. The molecule has 0 unspecified atom stereocenters. The van der Waals surface area contributed by atoms with Gasteiger partial charge in [-0.15, -0.1) is 0 Å². The number of sulfonamides is 1. The molecule has 0 saturated carbocycles. The van der Waals surface area contributed by atoms with Crippen LogP contribution in [0.2, 0.25) is 5.02 Å². The topological polar surface area (TPSA) is 102 Å². The van der Waals surface area contributed by atoms with Crippen molar-refractivity contribution in [2.45, 2.75) is 4.90 Å². The normalized spacial score (nSPS) is 11.7. The summed E-state index contributed by atoms with van der Waals surface area (Å²) in [6.07, 6.45) is 1.20. The highest BCUT2D eigenvalue weighted by Gasteiger charge is 2.12. The molecule has 0 spiro atoms. The van der Waals surface area contributed by atoms with Gasteiger partial charge in [-0.25, -0.2) is 4.83 Å². The van der Waals surface area contributed by atoms with E-state index in [4.69, 9.17) is 11.6 Å². The fraction of sp³-hybridized carbons (Fsp3) is 0. The largest absolute Gasteiger partial charge is 0.324 e. The Morgan fingerprint density at radius 3 is 2.48 bits per heavy atom. The molecule has 1 aromatic carbocycles. The Morgan fingerprint density at radius 1 is 1.24 bits per heavy atom. The second kappa shape index (κ2) is 6.20. The highest BCUT2D eigenvalue weighted by molar-refractivity contribution is 7.89. The molecule has 0 aliphatic carbocycles. The standard InChI is InChI=1S/C11H8ClN3O4S2/c12-8-1-4-10(5-2-8)21(18,19)14-13-7-9-3-6-11(20-9)15(16)17/h1-7,14H/b13-7-. The molecule has 21 heavy (non-hydrogen) atoms. The van der Waals surface area contributed by atoms with Crippen LogP contribution >= 0.6 is 22.9 Å². The SMILES string of the molecule is O=[N+]([O-])c1ccc(/C=N\NS(=O)(=O)c2ccc(Cl)cc2)s1. The molecule has 0 radical (unpaired) electrons. The van der Waals surface area contributed by atoms with Crippen LogP contribution in [0.3, 0.4) is 0 Å². The summed E-state index contributed by atoms with van der Waals surface area (Å²) in [4.78, 5) is 12.5. The lowest BCUT2D eigenvalue weighted by atomic mass is 10.4. The van der Waals surface area contributed by atoms with E-state index in [2.05, 4.69) is 5.10 Å². The molecular formula is C11H8ClN3O4S2. The number of halogens is 1. The predicted molar refractivity (Wildman–Crippen MR) is 80.3 cm³/mol. The second-order valence-corrected chi connectivity index (χ2v) is 6.93. The molecule has 1 N–H and O–H groups in total. The minimum absolute atomic E-state index is 0.0150. The van der Waals surface area contributed by atoms with Gasteiger partial charge in [-0.3, -0.25) is 10.1 Å². The summed E-state index contributed by atoms with van der Waals surface area (Å²) in [5, 5.41) is 14.5. The monoisotopic (exact) mass is 345 g/mol. The van der Waals surface area contributed by atoms with Crippen molar-refractivity contribution in [1.29, 1.82) is 0 Å². The number of nitro groups is 1. The first-order valence-corrected chi connectivity index (χ1v) is 8.11. The maximum Gasteiger partial charge on any atom is 0.324 e. The molecule has 0 saturated heterocycles. The molecule has 0 amide bonds. The van der Waals surface area contributed by atoms with E-state index in [9.17, 15) is 18.5 Å². The minimum Gasteiger partial charge on any atom is -0.258 e. The van der Waals surface area contributed by atoms with E-state index >= 15 is 0 Å². The van der Waals surface area contributed by atoms with Crippen LogP contribution in [-0.2, 0) is 10.0 Å². The number of nitrogens with zero attached hydrogens (tertiary/aromatic N) is 2. The maximum atomic E-state index is 11.9. The lowest BCUT2D eigenvalue weighted by Crippen LogP contribution is -2.18. The Bertz CT molecular complexity index is 784. The summed E-state index contributed by atoms with van der Waals surface area (Å²) < 4.78 is 23.7. The van der Waals surface area contributed by atoms with Crippen molar-refractivity contribution in [2.24, 2.45) is 5.10 Å². The molecule has 0 bridgehead atoms. The van der Waals surface area contributed by atoms with Gasteiger partial charge < -0.3 is 0 Å². The highest BCUT2D eigenvalue weighted by atomic mass is 35.5. The molecule has 0 aliphatic rings. The lowest BCUT2D eigenvalue weighted by Gasteiger charge is -2.02. The van der Waals surface area contributed by atoms with Crippen LogP contribution in [0.5, 0.6) is 0 Å². The summed E-state index contributed by atoms with van der Waals surface area (Å²) in [5.41, 5.74) is 0. The van der Waals surface area contributed by atoms with E-state index < -0.39 is 14.9 Å². The smallest absolute Gasteiger partial charge is 0.258 e. The summed E-state index contributed by atoms with van der Waals surface area (Å²) in [5.74, 6) is 0. The zero-order valence-corrected chi connectivity index (χ0v) is 12.7. The van der Waals surface area contributed by atoms with Crippen molar-refractivity contribution in [2.75, 3.05) is 0 Å². The van der Waals surface area contributed by atoms with Gasteiger partial charge in [0.25, 0.3) is 10.0 Å². The van der Waals surface area contributed by atoms with Gasteiger partial charge in [-0.05, 0) is 30.3 Å². The molecule has 110 valence electrons. The fourth-order valence-corrected chi connectivity index (χ4v) is 2.95. The van der Waals surface area contributed by atoms with Crippen molar-refractivity contribution in [3.05, 3.63) is 56.4 Å². The van der Waals surface area contributed by atoms with Crippen LogP contribution < -0.4 is 4.83 Å². The van der Waals surface area contributed by atoms with Crippen LogP contribution in [-0.4, -0.2) is 19.6 Å². The van der Waals surface area contributed by atoms with Crippen LogP contribution in [0.15, 0.2) is 46.4 Å².